The maximum Gasteiger partial charge on any atom is 0.105 e. The van der Waals surface area contributed by atoms with Crippen molar-refractivity contribution in [3.8, 4) is 0 Å². The minimum Gasteiger partial charge on any atom is -0.335 e. The minimum absolute atomic E-state index is 0. The highest BCUT2D eigenvalue weighted by Gasteiger charge is 1.91. The van der Waals surface area contributed by atoms with Crippen molar-refractivity contribution in [2.24, 2.45) is 0 Å². The molecular weight excluding hydrogens is 124 g/mol. The van der Waals surface area contributed by atoms with Crippen LogP contribution in [0, 0.1) is 6.92 Å². The molecule has 0 spiro atoms. The van der Waals surface area contributed by atoms with Crippen LogP contribution in [-0.2, 0) is 6.54 Å². The van der Waals surface area contributed by atoms with Gasteiger partial charge in [0.15, 0.2) is 0 Å². The summed E-state index contributed by atoms with van der Waals surface area (Å²) in [7, 11) is 0. The lowest BCUT2D eigenvalue weighted by Crippen LogP contribution is -1.96. The first-order valence-corrected chi connectivity index (χ1v) is 3.32. The first kappa shape index (κ1) is 9.21. The van der Waals surface area contributed by atoms with E-state index in [9.17, 15) is 0 Å². The van der Waals surface area contributed by atoms with Crippen LogP contribution in [0.15, 0.2) is 12.4 Å². The van der Waals surface area contributed by atoms with E-state index >= 15 is 0 Å². The van der Waals surface area contributed by atoms with Crippen molar-refractivity contribution in [3.63, 3.8) is 0 Å². The molecule has 1 rings (SSSR count). The molecule has 0 fully saturated rings. The van der Waals surface area contributed by atoms with Crippen LogP contribution in [0.25, 0.3) is 0 Å². The van der Waals surface area contributed by atoms with Crippen molar-refractivity contribution < 1.29 is 0 Å². The topological polar surface area (TPSA) is 17.8 Å². The summed E-state index contributed by atoms with van der Waals surface area (Å²) in [5, 5.41) is 0. The van der Waals surface area contributed by atoms with Crippen LogP contribution in [0.5, 0.6) is 0 Å². The van der Waals surface area contributed by atoms with Crippen molar-refractivity contribution >= 4 is 0 Å². The molecule has 1 aromatic rings. The van der Waals surface area contributed by atoms with Gasteiger partial charge in [-0.3, -0.25) is 0 Å². The van der Waals surface area contributed by atoms with Gasteiger partial charge in [0.2, 0.25) is 0 Å². The number of imidazole rings is 1. The van der Waals surface area contributed by atoms with E-state index in [2.05, 4.69) is 16.5 Å². The number of hydrogen-bond acceptors (Lipinski definition) is 1. The predicted molar refractivity (Wildman–Crippen MR) is 44.0 cm³/mol. The lowest BCUT2D eigenvalue weighted by Gasteiger charge is -1.99. The van der Waals surface area contributed by atoms with Crippen LogP contribution in [0.4, 0.5) is 0 Å². The molecule has 0 saturated carbocycles. The Bertz CT molecular complexity index is 179. The minimum atomic E-state index is 0. The molecule has 1 aromatic heterocycles. The molecule has 2 nitrogen and oxygen atoms in total. The summed E-state index contributed by atoms with van der Waals surface area (Å²) in [6, 6.07) is 0. The molecule has 10 heavy (non-hydrogen) atoms. The molecule has 2 heteroatoms. The van der Waals surface area contributed by atoms with Crippen molar-refractivity contribution in [1.29, 1.82) is 0 Å². The first-order chi connectivity index (χ1) is 4.34. The summed E-state index contributed by atoms with van der Waals surface area (Å²) in [6.07, 6.45) is 5.03. The summed E-state index contributed by atoms with van der Waals surface area (Å²) in [5.74, 6) is 1.11. The second-order valence-corrected chi connectivity index (χ2v) is 2.17. The third-order valence-corrected chi connectivity index (χ3v) is 1.39. The standard InChI is InChI=1S/C7H12N2.CH4/c1-3-5-9-6-4-8-7(9)2;/h4,6H,3,5H2,1-2H3;1H4. The van der Waals surface area contributed by atoms with E-state index in [4.69, 9.17) is 0 Å². The fourth-order valence-corrected chi connectivity index (χ4v) is 0.881. The Hall–Kier alpha value is -0.790. The van der Waals surface area contributed by atoms with E-state index in [0.29, 0.717) is 0 Å². The van der Waals surface area contributed by atoms with E-state index in [0.717, 1.165) is 12.4 Å². The summed E-state index contributed by atoms with van der Waals surface area (Å²) >= 11 is 0. The second kappa shape index (κ2) is 4.09. The molecule has 0 aliphatic heterocycles. The zero-order valence-corrected chi connectivity index (χ0v) is 5.96. The summed E-state index contributed by atoms with van der Waals surface area (Å²) in [4.78, 5) is 4.10. The zero-order chi connectivity index (χ0) is 6.69. The molecule has 0 atom stereocenters. The summed E-state index contributed by atoms with van der Waals surface area (Å²) in [5.41, 5.74) is 0. The van der Waals surface area contributed by atoms with Gasteiger partial charge >= 0.3 is 0 Å². The molecule has 0 amide bonds. The second-order valence-electron chi connectivity index (χ2n) is 2.17. The molecule has 0 saturated heterocycles. The van der Waals surface area contributed by atoms with Crippen LogP contribution >= 0.6 is 0 Å². The number of hydrogen-bond donors (Lipinski definition) is 0. The highest BCUT2D eigenvalue weighted by molar-refractivity contribution is 4.87. The lowest BCUT2D eigenvalue weighted by molar-refractivity contribution is 0.658. The molecule has 0 radical (unpaired) electrons. The van der Waals surface area contributed by atoms with Gasteiger partial charge in [-0.15, -0.1) is 0 Å². The molecule has 0 aromatic carbocycles. The Kier molecular flexibility index (Phi) is 3.77. The van der Waals surface area contributed by atoms with Gasteiger partial charge in [-0.2, -0.15) is 0 Å². The van der Waals surface area contributed by atoms with Crippen LogP contribution in [0.2, 0.25) is 0 Å². The van der Waals surface area contributed by atoms with Crippen molar-refractivity contribution in [2.75, 3.05) is 0 Å². The molecule has 0 N–H and O–H groups in total. The van der Waals surface area contributed by atoms with Crippen LogP contribution in [0.3, 0.4) is 0 Å². The van der Waals surface area contributed by atoms with Crippen LogP contribution in [0.1, 0.15) is 26.6 Å². The van der Waals surface area contributed by atoms with E-state index < -0.39 is 0 Å². The Morgan fingerprint density at radius 1 is 1.60 bits per heavy atom. The molecule has 1 heterocycles. The van der Waals surface area contributed by atoms with E-state index in [-0.39, 0.29) is 7.43 Å². The van der Waals surface area contributed by atoms with Gasteiger partial charge in [-0.25, -0.2) is 4.98 Å². The predicted octanol–water partition coefficient (Wildman–Crippen LogP) is 2.24. The van der Waals surface area contributed by atoms with Gasteiger partial charge in [-0.1, -0.05) is 14.4 Å². The Morgan fingerprint density at radius 3 is 2.70 bits per heavy atom. The maximum absolute atomic E-state index is 4.10. The lowest BCUT2D eigenvalue weighted by atomic mass is 10.5. The molecule has 58 valence electrons. The Morgan fingerprint density at radius 2 is 2.30 bits per heavy atom. The number of rotatable bonds is 2. The van der Waals surface area contributed by atoms with Gasteiger partial charge in [0.1, 0.15) is 5.82 Å². The monoisotopic (exact) mass is 140 g/mol. The Balaban J connectivity index is 0.000000810. The van der Waals surface area contributed by atoms with Crippen molar-refractivity contribution in [3.05, 3.63) is 18.2 Å². The van der Waals surface area contributed by atoms with Crippen molar-refractivity contribution in [1.82, 2.24) is 9.55 Å². The number of nitrogens with zero attached hydrogens (tertiary/aromatic N) is 2. The van der Waals surface area contributed by atoms with E-state index in [1.165, 1.54) is 6.42 Å². The molecule has 0 unspecified atom stereocenters. The van der Waals surface area contributed by atoms with Gasteiger partial charge in [-0.05, 0) is 13.3 Å². The maximum atomic E-state index is 4.10. The number of aromatic nitrogens is 2. The van der Waals surface area contributed by atoms with E-state index in [1.54, 1.807) is 0 Å². The van der Waals surface area contributed by atoms with E-state index in [1.807, 2.05) is 19.3 Å². The van der Waals surface area contributed by atoms with Gasteiger partial charge < -0.3 is 4.57 Å². The Labute approximate surface area is 62.9 Å². The quantitative estimate of drug-likeness (QED) is 0.616. The third kappa shape index (κ3) is 1.87. The van der Waals surface area contributed by atoms with Crippen molar-refractivity contribution in [2.45, 2.75) is 34.2 Å². The van der Waals surface area contributed by atoms with Crippen LogP contribution in [-0.4, -0.2) is 9.55 Å². The highest BCUT2D eigenvalue weighted by Crippen LogP contribution is 1.95. The van der Waals surface area contributed by atoms with Crippen LogP contribution < -0.4 is 0 Å². The highest BCUT2D eigenvalue weighted by atomic mass is 15.0. The summed E-state index contributed by atoms with van der Waals surface area (Å²) in [6.45, 7) is 5.28. The fourth-order valence-electron chi connectivity index (χ4n) is 0.881. The van der Waals surface area contributed by atoms with Gasteiger partial charge in [0.05, 0.1) is 0 Å². The largest absolute Gasteiger partial charge is 0.335 e. The average molecular weight is 140 g/mol. The van der Waals surface area contributed by atoms with Gasteiger partial charge in [0, 0.05) is 18.9 Å². The third-order valence-electron chi connectivity index (χ3n) is 1.39. The first-order valence-electron chi connectivity index (χ1n) is 3.32. The molecule has 0 aliphatic rings. The average Bonchev–Trinajstić information content (AvgIpc) is 2.18. The smallest absolute Gasteiger partial charge is 0.105 e. The normalized spacial score (nSPS) is 9.00. The molecular formula is C8H16N2. The SMILES string of the molecule is C.CCCn1ccnc1C. The zero-order valence-electron chi connectivity index (χ0n) is 5.96. The fraction of sp³-hybridized carbons (Fsp3) is 0.625. The summed E-state index contributed by atoms with van der Waals surface area (Å²) < 4.78 is 2.15. The molecule has 0 aliphatic carbocycles. The van der Waals surface area contributed by atoms with Gasteiger partial charge in [0.25, 0.3) is 0 Å². The molecule has 0 bridgehead atoms. The number of aryl methyl sites for hydroxylation is 2.